The lowest BCUT2D eigenvalue weighted by atomic mass is 10.2. The second-order valence-electron chi connectivity index (χ2n) is 2.93. The molecule has 0 saturated heterocycles. The van der Waals surface area contributed by atoms with E-state index in [1.807, 2.05) is 19.3 Å². The minimum Gasteiger partial charge on any atom is -0.392 e. The predicted molar refractivity (Wildman–Crippen MR) is 51.6 cm³/mol. The smallest absolute Gasteiger partial charge is 0.0938 e. The average Bonchev–Trinajstić information content (AvgIpc) is 2.47. The summed E-state index contributed by atoms with van der Waals surface area (Å²) < 4.78 is 1.71. The summed E-state index contributed by atoms with van der Waals surface area (Å²) >= 11 is 6.04. The SMILES string of the molecule is Cn1cc2c(Cl)c(CO)ccc2n1. The van der Waals surface area contributed by atoms with Gasteiger partial charge in [-0.3, -0.25) is 4.68 Å². The molecule has 0 atom stereocenters. The number of halogens is 1. The van der Waals surface area contributed by atoms with Gasteiger partial charge < -0.3 is 5.11 Å². The van der Waals surface area contributed by atoms with Crippen molar-refractivity contribution in [2.45, 2.75) is 6.61 Å². The van der Waals surface area contributed by atoms with Gasteiger partial charge in [-0.15, -0.1) is 0 Å². The van der Waals surface area contributed by atoms with Crippen molar-refractivity contribution in [1.82, 2.24) is 9.78 Å². The third-order valence-electron chi connectivity index (χ3n) is 1.99. The molecule has 1 aromatic heterocycles. The molecule has 0 aliphatic carbocycles. The Balaban J connectivity index is 2.78. The van der Waals surface area contributed by atoms with E-state index >= 15 is 0 Å². The number of nitrogens with zero attached hydrogens (tertiary/aromatic N) is 2. The fraction of sp³-hybridized carbons (Fsp3) is 0.222. The Hall–Kier alpha value is -1.06. The number of rotatable bonds is 1. The Morgan fingerprint density at radius 1 is 1.54 bits per heavy atom. The Morgan fingerprint density at radius 2 is 2.31 bits per heavy atom. The van der Waals surface area contributed by atoms with Crippen molar-refractivity contribution >= 4 is 22.5 Å². The molecular formula is C9H9ClN2O. The minimum absolute atomic E-state index is 0.0380. The number of hydrogen-bond donors (Lipinski definition) is 1. The number of aryl methyl sites for hydroxylation is 1. The zero-order chi connectivity index (χ0) is 9.42. The zero-order valence-corrected chi connectivity index (χ0v) is 7.91. The van der Waals surface area contributed by atoms with Crippen LogP contribution in [0.5, 0.6) is 0 Å². The molecule has 13 heavy (non-hydrogen) atoms. The number of benzene rings is 1. The van der Waals surface area contributed by atoms with Crippen molar-refractivity contribution in [3.63, 3.8) is 0 Å². The molecule has 0 bridgehead atoms. The number of aliphatic hydroxyl groups excluding tert-OH is 1. The van der Waals surface area contributed by atoms with Crippen LogP contribution in [0.2, 0.25) is 5.02 Å². The van der Waals surface area contributed by atoms with Gasteiger partial charge in [0.1, 0.15) is 0 Å². The molecule has 0 radical (unpaired) electrons. The quantitative estimate of drug-likeness (QED) is 0.754. The van der Waals surface area contributed by atoms with Gasteiger partial charge in [0, 0.05) is 18.6 Å². The molecule has 1 N–H and O–H groups in total. The lowest BCUT2D eigenvalue weighted by molar-refractivity contribution is 0.282. The van der Waals surface area contributed by atoms with E-state index in [1.165, 1.54) is 0 Å². The van der Waals surface area contributed by atoms with Crippen LogP contribution in [-0.2, 0) is 13.7 Å². The van der Waals surface area contributed by atoms with Gasteiger partial charge in [-0.25, -0.2) is 0 Å². The van der Waals surface area contributed by atoms with E-state index in [0.717, 1.165) is 16.5 Å². The minimum atomic E-state index is -0.0380. The maximum atomic E-state index is 8.97. The van der Waals surface area contributed by atoms with Gasteiger partial charge in [0.2, 0.25) is 0 Å². The standard InChI is InChI=1S/C9H9ClN2O/c1-12-4-7-8(11-12)3-2-6(5-13)9(7)10/h2-4,13H,5H2,1H3. The van der Waals surface area contributed by atoms with Crippen LogP contribution in [0.3, 0.4) is 0 Å². The van der Waals surface area contributed by atoms with Crippen LogP contribution in [0.1, 0.15) is 5.56 Å². The van der Waals surface area contributed by atoms with E-state index in [4.69, 9.17) is 16.7 Å². The topological polar surface area (TPSA) is 38.0 Å². The Kier molecular flexibility index (Phi) is 1.98. The monoisotopic (exact) mass is 196 g/mol. The highest BCUT2D eigenvalue weighted by molar-refractivity contribution is 6.36. The molecule has 0 fully saturated rings. The molecule has 0 saturated carbocycles. The summed E-state index contributed by atoms with van der Waals surface area (Å²) in [6.07, 6.45) is 1.84. The Labute approximate surface area is 80.5 Å². The first-order valence-electron chi connectivity index (χ1n) is 3.94. The van der Waals surface area contributed by atoms with Gasteiger partial charge >= 0.3 is 0 Å². The van der Waals surface area contributed by atoms with Crippen LogP contribution in [0, 0.1) is 0 Å². The largest absolute Gasteiger partial charge is 0.392 e. The van der Waals surface area contributed by atoms with E-state index in [9.17, 15) is 0 Å². The van der Waals surface area contributed by atoms with Crippen LogP contribution in [-0.4, -0.2) is 14.9 Å². The molecule has 1 aromatic carbocycles. The van der Waals surface area contributed by atoms with Crippen molar-refractivity contribution in [3.8, 4) is 0 Å². The van der Waals surface area contributed by atoms with E-state index < -0.39 is 0 Å². The fourth-order valence-corrected chi connectivity index (χ4v) is 1.61. The zero-order valence-electron chi connectivity index (χ0n) is 7.16. The Bertz CT molecular complexity index is 450. The van der Waals surface area contributed by atoms with E-state index in [1.54, 1.807) is 10.7 Å². The molecule has 3 nitrogen and oxygen atoms in total. The molecule has 0 aliphatic rings. The van der Waals surface area contributed by atoms with Crippen molar-refractivity contribution < 1.29 is 5.11 Å². The first kappa shape index (κ1) is 8.53. The summed E-state index contributed by atoms with van der Waals surface area (Å²) in [5.41, 5.74) is 1.59. The summed E-state index contributed by atoms with van der Waals surface area (Å²) in [5, 5.41) is 14.6. The van der Waals surface area contributed by atoms with Gasteiger partial charge in [-0.2, -0.15) is 5.10 Å². The fourth-order valence-electron chi connectivity index (χ4n) is 1.35. The summed E-state index contributed by atoms with van der Waals surface area (Å²) in [6.45, 7) is -0.0380. The van der Waals surface area contributed by atoms with Gasteiger partial charge in [0.25, 0.3) is 0 Å². The maximum absolute atomic E-state index is 8.97. The molecule has 0 spiro atoms. The molecule has 1 heterocycles. The summed E-state index contributed by atoms with van der Waals surface area (Å²) in [6, 6.07) is 3.64. The molecule has 0 aliphatic heterocycles. The van der Waals surface area contributed by atoms with E-state index in [0.29, 0.717) is 5.02 Å². The molecule has 2 aromatic rings. The van der Waals surface area contributed by atoms with Crippen molar-refractivity contribution in [2.24, 2.45) is 7.05 Å². The second kappa shape index (κ2) is 3.01. The first-order valence-corrected chi connectivity index (χ1v) is 4.32. The average molecular weight is 197 g/mol. The molecule has 0 unspecified atom stereocenters. The first-order chi connectivity index (χ1) is 6.22. The van der Waals surface area contributed by atoms with Gasteiger partial charge in [-0.1, -0.05) is 17.7 Å². The van der Waals surface area contributed by atoms with Crippen LogP contribution in [0.25, 0.3) is 10.9 Å². The molecule has 68 valence electrons. The molecule has 4 heteroatoms. The highest BCUT2D eigenvalue weighted by Crippen LogP contribution is 2.26. The van der Waals surface area contributed by atoms with Gasteiger partial charge in [0.05, 0.1) is 17.1 Å². The van der Waals surface area contributed by atoms with Crippen LogP contribution in [0.15, 0.2) is 18.3 Å². The second-order valence-corrected chi connectivity index (χ2v) is 3.31. The van der Waals surface area contributed by atoms with Crippen LogP contribution >= 0.6 is 11.6 Å². The lowest BCUT2D eigenvalue weighted by Crippen LogP contribution is -1.85. The van der Waals surface area contributed by atoms with Gasteiger partial charge in [-0.05, 0) is 11.6 Å². The number of fused-ring (bicyclic) bond motifs is 1. The van der Waals surface area contributed by atoms with E-state index in [-0.39, 0.29) is 6.61 Å². The molecule has 0 amide bonds. The number of aromatic nitrogens is 2. The maximum Gasteiger partial charge on any atom is 0.0938 e. The highest BCUT2D eigenvalue weighted by atomic mass is 35.5. The van der Waals surface area contributed by atoms with Gasteiger partial charge in [0.15, 0.2) is 0 Å². The Morgan fingerprint density at radius 3 is 3.00 bits per heavy atom. The predicted octanol–water partition coefficient (Wildman–Crippen LogP) is 1.72. The summed E-state index contributed by atoms with van der Waals surface area (Å²) in [4.78, 5) is 0. The summed E-state index contributed by atoms with van der Waals surface area (Å²) in [7, 11) is 1.84. The van der Waals surface area contributed by atoms with Crippen molar-refractivity contribution in [3.05, 3.63) is 28.9 Å². The van der Waals surface area contributed by atoms with Crippen molar-refractivity contribution in [2.75, 3.05) is 0 Å². The van der Waals surface area contributed by atoms with Crippen LogP contribution in [0.4, 0.5) is 0 Å². The number of aliphatic hydroxyl groups is 1. The highest BCUT2D eigenvalue weighted by Gasteiger charge is 2.06. The van der Waals surface area contributed by atoms with E-state index in [2.05, 4.69) is 5.10 Å². The third-order valence-corrected chi connectivity index (χ3v) is 2.43. The molecule has 2 rings (SSSR count). The van der Waals surface area contributed by atoms with Crippen LogP contribution < -0.4 is 0 Å². The third kappa shape index (κ3) is 1.30. The normalized spacial score (nSPS) is 11.0. The molecular weight excluding hydrogens is 188 g/mol. The van der Waals surface area contributed by atoms with Crippen molar-refractivity contribution in [1.29, 1.82) is 0 Å². The number of hydrogen-bond acceptors (Lipinski definition) is 2. The summed E-state index contributed by atoms with van der Waals surface area (Å²) in [5.74, 6) is 0. The lowest BCUT2D eigenvalue weighted by Gasteiger charge is -1.99.